The first-order valence-corrected chi connectivity index (χ1v) is 8.77. The summed E-state index contributed by atoms with van der Waals surface area (Å²) in [6.07, 6.45) is 1.57. The van der Waals surface area contributed by atoms with Crippen LogP contribution in [-0.4, -0.2) is 55.1 Å². The fourth-order valence-electron chi connectivity index (χ4n) is 3.01. The summed E-state index contributed by atoms with van der Waals surface area (Å²) in [5.74, 6) is 5.70. The van der Waals surface area contributed by atoms with Crippen LogP contribution >= 0.6 is 11.6 Å². The minimum Gasteiger partial charge on any atom is -0.396 e. The predicted molar refractivity (Wildman–Crippen MR) is 101 cm³/mol. The molecule has 2 heterocycles. The van der Waals surface area contributed by atoms with E-state index in [-0.39, 0.29) is 23.5 Å². The molecule has 142 valence electrons. The number of aliphatic hydroxyl groups excluding tert-OH is 3. The zero-order valence-electron chi connectivity index (χ0n) is 14.6. The van der Waals surface area contributed by atoms with Crippen molar-refractivity contribution < 1.29 is 15.3 Å². The van der Waals surface area contributed by atoms with Gasteiger partial charge in [-0.2, -0.15) is 9.97 Å². The first-order chi connectivity index (χ1) is 12.9. The zero-order valence-corrected chi connectivity index (χ0v) is 15.4. The van der Waals surface area contributed by atoms with E-state index >= 15 is 0 Å². The van der Waals surface area contributed by atoms with E-state index in [1.165, 1.54) is 0 Å². The summed E-state index contributed by atoms with van der Waals surface area (Å²) < 4.78 is 0. The van der Waals surface area contributed by atoms with Crippen LogP contribution in [0.1, 0.15) is 23.1 Å². The van der Waals surface area contributed by atoms with E-state index in [4.69, 9.17) is 17.3 Å². The molecule has 1 aliphatic rings. The Bertz CT molecular complexity index is 898. The lowest BCUT2D eigenvalue weighted by atomic mass is 10.1. The highest BCUT2D eigenvalue weighted by molar-refractivity contribution is 6.31. The summed E-state index contributed by atoms with van der Waals surface area (Å²) in [5, 5.41) is 32.6. The van der Waals surface area contributed by atoms with Gasteiger partial charge in [0, 0.05) is 30.5 Å². The Labute approximate surface area is 161 Å². The SMILES string of the molecule is Cc1ccncc1C#Cc1c(Cl)nc(N)nc1N[C@@H]1C[C@H](CO)[C@@H](O)[C@H]1O. The number of halogens is 1. The number of pyridine rings is 1. The molecule has 0 saturated heterocycles. The number of anilines is 2. The molecule has 1 fully saturated rings. The van der Waals surface area contributed by atoms with Gasteiger partial charge in [0.1, 0.15) is 17.5 Å². The van der Waals surface area contributed by atoms with Crippen LogP contribution < -0.4 is 11.1 Å². The first kappa shape index (κ1) is 19.3. The molecule has 0 amide bonds. The van der Waals surface area contributed by atoms with Crippen molar-refractivity contribution in [1.29, 1.82) is 0 Å². The van der Waals surface area contributed by atoms with Crippen molar-refractivity contribution in [2.45, 2.75) is 31.6 Å². The van der Waals surface area contributed by atoms with E-state index in [0.717, 1.165) is 11.1 Å². The van der Waals surface area contributed by atoms with Crippen molar-refractivity contribution in [1.82, 2.24) is 15.0 Å². The number of nitrogens with two attached hydrogens (primary N) is 1. The van der Waals surface area contributed by atoms with Crippen LogP contribution in [0.4, 0.5) is 11.8 Å². The number of hydrogen-bond acceptors (Lipinski definition) is 8. The highest BCUT2D eigenvalue weighted by atomic mass is 35.5. The second-order valence-electron chi connectivity index (χ2n) is 6.45. The van der Waals surface area contributed by atoms with Crippen LogP contribution in [0, 0.1) is 24.7 Å². The Kier molecular flexibility index (Phi) is 5.77. The van der Waals surface area contributed by atoms with Crippen LogP contribution in [0.25, 0.3) is 0 Å². The molecule has 0 aromatic carbocycles. The number of nitrogen functional groups attached to an aromatic ring is 1. The van der Waals surface area contributed by atoms with Gasteiger partial charge in [-0.1, -0.05) is 23.4 Å². The fraction of sp³-hybridized carbons (Fsp3) is 0.389. The maximum atomic E-state index is 10.2. The average Bonchev–Trinajstić information content (AvgIpc) is 2.90. The van der Waals surface area contributed by atoms with E-state index in [9.17, 15) is 15.3 Å². The summed E-state index contributed by atoms with van der Waals surface area (Å²) >= 11 is 6.21. The van der Waals surface area contributed by atoms with Crippen molar-refractivity contribution in [2.75, 3.05) is 17.7 Å². The molecule has 6 N–H and O–H groups in total. The number of hydrogen-bond donors (Lipinski definition) is 5. The molecule has 1 saturated carbocycles. The molecule has 0 bridgehead atoms. The van der Waals surface area contributed by atoms with Crippen molar-refractivity contribution in [3.05, 3.63) is 40.3 Å². The molecule has 4 atom stereocenters. The molecule has 2 aromatic heterocycles. The lowest BCUT2D eigenvalue weighted by molar-refractivity contribution is 0.00445. The molecular weight excluding hydrogens is 370 g/mol. The Morgan fingerprint density at radius 1 is 1.30 bits per heavy atom. The van der Waals surface area contributed by atoms with Gasteiger partial charge in [0.05, 0.1) is 12.1 Å². The Balaban J connectivity index is 1.94. The molecule has 3 rings (SSSR count). The maximum absolute atomic E-state index is 10.2. The van der Waals surface area contributed by atoms with Gasteiger partial charge >= 0.3 is 0 Å². The van der Waals surface area contributed by atoms with Crippen molar-refractivity contribution >= 4 is 23.4 Å². The van der Waals surface area contributed by atoms with Crippen molar-refractivity contribution in [3.63, 3.8) is 0 Å². The van der Waals surface area contributed by atoms with E-state index in [1.807, 2.05) is 13.0 Å². The van der Waals surface area contributed by atoms with Crippen LogP contribution in [-0.2, 0) is 0 Å². The molecule has 0 aliphatic heterocycles. The van der Waals surface area contributed by atoms with Crippen LogP contribution in [0.3, 0.4) is 0 Å². The molecular formula is C18H20ClN5O3. The Hall–Kier alpha value is -2.44. The van der Waals surface area contributed by atoms with E-state index in [0.29, 0.717) is 12.0 Å². The summed E-state index contributed by atoms with van der Waals surface area (Å²) in [4.78, 5) is 12.1. The summed E-state index contributed by atoms with van der Waals surface area (Å²) in [5.41, 5.74) is 7.70. The minimum atomic E-state index is -1.07. The number of nitrogens with one attached hydrogen (secondary N) is 1. The molecule has 8 nitrogen and oxygen atoms in total. The molecule has 0 spiro atoms. The van der Waals surface area contributed by atoms with Crippen LogP contribution in [0.15, 0.2) is 18.5 Å². The summed E-state index contributed by atoms with van der Waals surface area (Å²) in [6.45, 7) is 1.69. The van der Waals surface area contributed by atoms with Gasteiger partial charge < -0.3 is 26.4 Å². The van der Waals surface area contributed by atoms with Crippen LogP contribution in [0.5, 0.6) is 0 Å². The largest absolute Gasteiger partial charge is 0.396 e. The molecule has 27 heavy (non-hydrogen) atoms. The van der Waals surface area contributed by atoms with Gasteiger partial charge in [0.15, 0.2) is 5.15 Å². The van der Waals surface area contributed by atoms with Gasteiger partial charge in [-0.05, 0) is 25.0 Å². The van der Waals surface area contributed by atoms with E-state index in [1.54, 1.807) is 12.4 Å². The third-order valence-corrected chi connectivity index (χ3v) is 4.88. The third-order valence-electron chi connectivity index (χ3n) is 4.60. The van der Waals surface area contributed by atoms with Gasteiger partial charge in [0.2, 0.25) is 5.95 Å². The average molecular weight is 390 g/mol. The minimum absolute atomic E-state index is 0.0441. The summed E-state index contributed by atoms with van der Waals surface area (Å²) in [7, 11) is 0. The molecule has 1 aliphatic carbocycles. The number of aryl methyl sites for hydroxylation is 1. The second-order valence-corrected chi connectivity index (χ2v) is 6.81. The van der Waals surface area contributed by atoms with Gasteiger partial charge in [-0.15, -0.1) is 0 Å². The summed E-state index contributed by atoms with van der Waals surface area (Å²) in [6, 6.07) is 1.30. The normalized spacial score (nSPS) is 24.3. The fourth-order valence-corrected chi connectivity index (χ4v) is 3.24. The Morgan fingerprint density at radius 3 is 2.74 bits per heavy atom. The monoisotopic (exact) mass is 389 g/mol. The maximum Gasteiger partial charge on any atom is 0.223 e. The first-order valence-electron chi connectivity index (χ1n) is 8.40. The van der Waals surface area contributed by atoms with Gasteiger partial charge in [-0.3, -0.25) is 4.98 Å². The quantitative estimate of drug-likeness (QED) is 0.374. The van der Waals surface area contributed by atoms with E-state index in [2.05, 4.69) is 32.1 Å². The number of aliphatic hydroxyl groups is 3. The molecule has 0 radical (unpaired) electrons. The standard InChI is InChI=1S/C18H20ClN5O3/c1-9-4-5-21-7-10(9)2-3-12-16(19)23-18(20)24-17(12)22-13-6-11(8-25)14(26)15(13)27/h4-5,7,11,13-15,25-27H,6,8H2,1H3,(H3,20,22,23,24)/t11-,13-,14-,15+/m1/s1. The predicted octanol–water partition coefficient (Wildman–Crippen LogP) is 0.330. The smallest absolute Gasteiger partial charge is 0.223 e. The lowest BCUT2D eigenvalue weighted by Crippen LogP contribution is -2.35. The molecule has 9 heteroatoms. The molecule has 0 unspecified atom stereocenters. The number of aromatic nitrogens is 3. The lowest BCUT2D eigenvalue weighted by Gasteiger charge is -2.19. The highest BCUT2D eigenvalue weighted by Gasteiger charge is 2.41. The topological polar surface area (TPSA) is 137 Å². The third kappa shape index (κ3) is 4.12. The zero-order chi connectivity index (χ0) is 19.6. The second kappa shape index (κ2) is 8.06. The number of nitrogens with zero attached hydrogens (tertiary/aromatic N) is 3. The van der Waals surface area contributed by atoms with Crippen molar-refractivity contribution in [2.24, 2.45) is 5.92 Å². The van der Waals surface area contributed by atoms with Gasteiger partial charge in [-0.25, -0.2) is 0 Å². The van der Waals surface area contributed by atoms with Crippen LogP contribution in [0.2, 0.25) is 5.15 Å². The van der Waals surface area contributed by atoms with E-state index < -0.39 is 24.2 Å². The van der Waals surface area contributed by atoms with Crippen molar-refractivity contribution in [3.8, 4) is 11.8 Å². The highest BCUT2D eigenvalue weighted by Crippen LogP contribution is 2.30. The van der Waals surface area contributed by atoms with Gasteiger partial charge in [0.25, 0.3) is 0 Å². The molecule has 2 aromatic rings. The Morgan fingerprint density at radius 2 is 2.07 bits per heavy atom. The number of rotatable bonds is 3.